The Bertz CT molecular complexity index is 950. The van der Waals surface area contributed by atoms with Gasteiger partial charge in [0.2, 0.25) is 0 Å². The van der Waals surface area contributed by atoms with Crippen molar-refractivity contribution in [2.45, 2.75) is 12.5 Å². The molecule has 6 nitrogen and oxygen atoms in total. The summed E-state index contributed by atoms with van der Waals surface area (Å²) >= 11 is 0. The summed E-state index contributed by atoms with van der Waals surface area (Å²) in [5.74, 6) is -1.96. The first-order chi connectivity index (χ1) is 12.2. The topological polar surface area (TPSA) is 79.4 Å². The van der Waals surface area contributed by atoms with E-state index in [4.69, 9.17) is 0 Å². The molecule has 1 aromatic heterocycles. The molecule has 1 aliphatic heterocycles. The highest BCUT2D eigenvalue weighted by Gasteiger charge is 2.33. The Balaban J connectivity index is 1.76. The van der Waals surface area contributed by atoms with Gasteiger partial charge in [-0.25, -0.2) is 22.2 Å². The van der Waals surface area contributed by atoms with Gasteiger partial charge < -0.3 is 10.2 Å². The van der Waals surface area contributed by atoms with Crippen molar-refractivity contribution in [3.8, 4) is 0 Å². The molecule has 26 heavy (non-hydrogen) atoms. The number of anilines is 2. The van der Waals surface area contributed by atoms with Crippen LogP contribution in [0.2, 0.25) is 0 Å². The highest BCUT2D eigenvalue weighted by Crippen LogP contribution is 2.21. The number of halogens is 2. The van der Waals surface area contributed by atoms with Crippen molar-refractivity contribution in [3.05, 3.63) is 53.7 Å². The molecule has 0 bridgehead atoms. The molecule has 2 aromatic rings. The lowest BCUT2D eigenvalue weighted by Gasteiger charge is -2.23. The van der Waals surface area contributed by atoms with E-state index < -0.39 is 21.5 Å². The number of carbonyl (C=O) groups excluding carboxylic acids is 1. The summed E-state index contributed by atoms with van der Waals surface area (Å²) in [5.41, 5.74) is 0.605. The summed E-state index contributed by atoms with van der Waals surface area (Å²) in [6.45, 7) is 0. The molecule has 1 N–H and O–H groups in total. The lowest BCUT2D eigenvalue weighted by atomic mass is 10.1. The first kappa shape index (κ1) is 18.2. The Hall–Kier alpha value is -2.55. The molecule has 1 saturated heterocycles. The molecule has 1 unspecified atom stereocenters. The second-order valence-electron chi connectivity index (χ2n) is 6.16. The average Bonchev–Trinajstić information content (AvgIpc) is 2.97. The fourth-order valence-corrected chi connectivity index (χ4v) is 4.58. The Labute approximate surface area is 149 Å². The molecular formula is C17H17F2N3O3S. The van der Waals surface area contributed by atoms with Crippen molar-refractivity contribution in [3.63, 3.8) is 0 Å². The highest BCUT2D eigenvalue weighted by molar-refractivity contribution is 7.91. The number of aromatic nitrogens is 1. The van der Waals surface area contributed by atoms with E-state index in [-0.39, 0.29) is 35.0 Å². The van der Waals surface area contributed by atoms with Crippen LogP contribution < -0.4 is 5.32 Å². The molecule has 1 aromatic carbocycles. The maximum absolute atomic E-state index is 13.3. The van der Waals surface area contributed by atoms with Crippen LogP contribution in [0.4, 0.5) is 20.3 Å². The van der Waals surface area contributed by atoms with Crippen LogP contribution in [0.1, 0.15) is 16.8 Å². The normalized spacial score (nSPS) is 18.5. The molecule has 0 saturated carbocycles. The van der Waals surface area contributed by atoms with Gasteiger partial charge in [0.15, 0.2) is 21.5 Å². The third-order valence-electron chi connectivity index (χ3n) is 4.28. The van der Waals surface area contributed by atoms with Crippen LogP contribution >= 0.6 is 0 Å². The predicted molar refractivity (Wildman–Crippen MR) is 93.0 cm³/mol. The zero-order valence-corrected chi connectivity index (χ0v) is 14.8. The minimum atomic E-state index is -3.10. The second-order valence-corrected chi connectivity index (χ2v) is 8.39. The van der Waals surface area contributed by atoms with Gasteiger partial charge in [0.05, 0.1) is 11.5 Å². The van der Waals surface area contributed by atoms with Gasteiger partial charge in [0.1, 0.15) is 5.82 Å². The molecule has 3 rings (SSSR count). The van der Waals surface area contributed by atoms with E-state index in [9.17, 15) is 22.0 Å². The van der Waals surface area contributed by atoms with Crippen molar-refractivity contribution >= 4 is 27.2 Å². The summed E-state index contributed by atoms with van der Waals surface area (Å²) in [6, 6.07) is 5.96. The fourth-order valence-electron chi connectivity index (χ4n) is 2.80. The zero-order chi connectivity index (χ0) is 18.9. The molecule has 0 aliphatic carbocycles. The number of hydrogen-bond donors (Lipinski definition) is 1. The number of amides is 1. The Morgan fingerprint density at radius 3 is 2.65 bits per heavy atom. The minimum Gasteiger partial charge on any atom is -0.340 e. The lowest BCUT2D eigenvalue weighted by molar-refractivity contribution is 0.0747. The standard InChI is InChI=1S/C17H17F2N3O3S/c1-22(13-5-7-26(24,25)10-13)17(23)11-4-6-20-16(8-11)21-12-2-3-14(18)15(19)9-12/h2-4,6,8-9,13H,5,7,10H2,1H3,(H,20,21). The van der Waals surface area contributed by atoms with Gasteiger partial charge in [-0.2, -0.15) is 0 Å². The van der Waals surface area contributed by atoms with E-state index in [1.807, 2.05) is 0 Å². The van der Waals surface area contributed by atoms with Crippen molar-refractivity contribution in [2.24, 2.45) is 0 Å². The number of sulfone groups is 1. The van der Waals surface area contributed by atoms with Gasteiger partial charge in [-0.15, -0.1) is 0 Å². The van der Waals surface area contributed by atoms with E-state index in [1.54, 1.807) is 7.05 Å². The van der Waals surface area contributed by atoms with Crippen LogP contribution in [0.3, 0.4) is 0 Å². The maximum Gasteiger partial charge on any atom is 0.254 e. The van der Waals surface area contributed by atoms with Crippen LogP contribution in [0.25, 0.3) is 0 Å². The van der Waals surface area contributed by atoms with Crippen LogP contribution in [-0.2, 0) is 9.84 Å². The van der Waals surface area contributed by atoms with E-state index in [0.717, 1.165) is 12.1 Å². The number of pyridine rings is 1. The van der Waals surface area contributed by atoms with Crippen molar-refractivity contribution in [1.29, 1.82) is 0 Å². The highest BCUT2D eigenvalue weighted by atomic mass is 32.2. The maximum atomic E-state index is 13.3. The van der Waals surface area contributed by atoms with Gasteiger partial charge in [-0.05, 0) is 30.7 Å². The molecule has 0 radical (unpaired) electrons. The second kappa shape index (κ2) is 6.99. The average molecular weight is 381 g/mol. The van der Waals surface area contributed by atoms with E-state index in [1.165, 1.54) is 29.3 Å². The van der Waals surface area contributed by atoms with E-state index >= 15 is 0 Å². The molecule has 1 atom stereocenters. The monoisotopic (exact) mass is 381 g/mol. The molecule has 1 amide bonds. The minimum absolute atomic E-state index is 0.0414. The van der Waals surface area contributed by atoms with Crippen LogP contribution in [0, 0.1) is 11.6 Å². The zero-order valence-electron chi connectivity index (χ0n) is 13.9. The largest absolute Gasteiger partial charge is 0.340 e. The van der Waals surface area contributed by atoms with Gasteiger partial charge in [-0.3, -0.25) is 4.79 Å². The van der Waals surface area contributed by atoms with Crippen molar-refractivity contribution in [2.75, 3.05) is 23.9 Å². The van der Waals surface area contributed by atoms with Gasteiger partial charge in [-0.1, -0.05) is 0 Å². The number of carbonyl (C=O) groups is 1. The van der Waals surface area contributed by atoms with Crippen molar-refractivity contribution < 1.29 is 22.0 Å². The third-order valence-corrected chi connectivity index (χ3v) is 6.03. The first-order valence-electron chi connectivity index (χ1n) is 7.91. The Morgan fingerprint density at radius 1 is 1.23 bits per heavy atom. The first-order valence-corrected chi connectivity index (χ1v) is 9.73. The van der Waals surface area contributed by atoms with Crippen LogP contribution in [0.5, 0.6) is 0 Å². The summed E-state index contributed by atoms with van der Waals surface area (Å²) in [6.07, 6.45) is 1.82. The Kier molecular flexibility index (Phi) is 4.90. The van der Waals surface area contributed by atoms with Gasteiger partial charge in [0, 0.05) is 36.6 Å². The number of benzene rings is 1. The SMILES string of the molecule is CN(C(=O)c1ccnc(Nc2ccc(F)c(F)c2)c1)C1CCS(=O)(=O)C1. The van der Waals surface area contributed by atoms with Gasteiger partial charge >= 0.3 is 0 Å². The molecule has 1 aliphatic rings. The fraction of sp³-hybridized carbons (Fsp3) is 0.294. The van der Waals surface area contributed by atoms with E-state index in [0.29, 0.717) is 12.0 Å². The number of hydrogen-bond acceptors (Lipinski definition) is 5. The molecule has 9 heteroatoms. The molecule has 0 spiro atoms. The Morgan fingerprint density at radius 2 is 2.00 bits per heavy atom. The predicted octanol–water partition coefficient (Wildman–Crippen LogP) is 2.36. The number of nitrogens with zero attached hydrogens (tertiary/aromatic N) is 2. The third kappa shape index (κ3) is 3.98. The quantitative estimate of drug-likeness (QED) is 0.880. The molecule has 138 valence electrons. The lowest BCUT2D eigenvalue weighted by Crippen LogP contribution is -2.37. The van der Waals surface area contributed by atoms with Crippen LogP contribution in [-0.4, -0.2) is 48.8 Å². The molecular weight excluding hydrogens is 364 g/mol. The summed E-state index contributed by atoms with van der Waals surface area (Å²) in [5, 5.41) is 2.80. The number of nitrogens with one attached hydrogen (secondary N) is 1. The van der Waals surface area contributed by atoms with Gasteiger partial charge in [0.25, 0.3) is 5.91 Å². The summed E-state index contributed by atoms with van der Waals surface area (Å²) in [4.78, 5) is 18.1. The smallest absolute Gasteiger partial charge is 0.254 e. The van der Waals surface area contributed by atoms with Crippen LogP contribution in [0.15, 0.2) is 36.5 Å². The summed E-state index contributed by atoms with van der Waals surface area (Å²) in [7, 11) is -1.53. The van der Waals surface area contributed by atoms with E-state index in [2.05, 4.69) is 10.3 Å². The summed E-state index contributed by atoms with van der Waals surface area (Å²) < 4.78 is 49.5. The van der Waals surface area contributed by atoms with Crippen molar-refractivity contribution in [1.82, 2.24) is 9.88 Å². The molecule has 1 fully saturated rings. The number of rotatable bonds is 4. The molecule has 2 heterocycles.